The number of hydrogen-bond donors (Lipinski definition) is 2. The number of amides is 1. The number of ether oxygens (including phenoxy) is 2. The van der Waals surface area contributed by atoms with Gasteiger partial charge in [-0.15, -0.1) is 0 Å². The van der Waals surface area contributed by atoms with Crippen molar-refractivity contribution in [2.45, 2.75) is 17.8 Å². The van der Waals surface area contributed by atoms with E-state index in [4.69, 9.17) is 9.47 Å². The molecule has 1 spiro atoms. The van der Waals surface area contributed by atoms with Gasteiger partial charge in [0.15, 0.2) is 0 Å². The Morgan fingerprint density at radius 2 is 1.89 bits per heavy atom. The summed E-state index contributed by atoms with van der Waals surface area (Å²) in [7, 11) is 1.65. The number of aromatic nitrogens is 2. The van der Waals surface area contributed by atoms with Crippen LogP contribution in [0.25, 0.3) is 23.1 Å². The topological polar surface area (TPSA) is 79.5 Å². The van der Waals surface area contributed by atoms with Crippen LogP contribution in [-0.4, -0.2) is 49.5 Å². The van der Waals surface area contributed by atoms with Gasteiger partial charge in [-0.25, -0.2) is 0 Å². The van der Waals surface area contributed by atoms with Gasteiger partial charge in [0.25, 0.3) is 0 Å². The number of hydrogen-bond acceptors (Lipinski definition) is 5. The van der Waals surface area contributed by atoms with Gasteiger partial charge in [0.1, 0.15) is 5.75 Å². The average Bonchev–Trinajstić information content (AvgIpc) is 3.49. The van der Waals surface area contributed by atoms with E-state index >= 15 is 0 Å². The predicted octanol–water partition coefficient (Wildman–Crippen LogP) is 4.96. The third-order valence-electron chi connectivity index (χ3n) is 8.04. The molecule has 1 saturated carbocycles. The zero-order chi connectivity index (χ0) is 25.0. The van der Waals surface area contributed by atoms with Crippen LogP contribution in [0.3, 0.4) is 0 Å². The molecule has 1 saturated heterocycles. The first kappa shape index (κ1) is 22.1. The highest BCUT2D eigenvalue weighted by molar-refractivity contribution is 6.10. The third kappa shape index (κ3) is 3.61. The minimum Gasteiger partial charge on any atom is -0.497 e. The van der Waals surface area contributed by atoms with Gasteiger partial charge >= 0.3 is 0 Å². The van der Waals surface area contributed by atoms with Crippen molar-refractivity contribution in [3.63, 3.8) is 0 Å². The Morgan fingerprint density at radius 1 is 1.05 bits per heavy atom. The number of H-pyrrole nitrogens is 1. The Morgan fingerprint density at radius 3 is 2.70 bits per heavy atom. The fraction of sp³-hybridized carbons (Fsp3) is 0.267. The Bertz CT molecular complexity index is 1530. The molecule has 37 heavy (non-hydrogen) atoms. The van der Waals surface area contributed by atoms with E-state index in [1.165, 1.54) is 5.69 Å². The molecule has 4 aromatic rings. The molecule has 3 aromatic carbocycles. The lowest BCUT2D eigenvalue weighted by molar-refractivity contribution is -0.118. The zero-order valence-corrected chi connectivity index (χ0v) is 20.7. The summed E-state index contributed by atoms with van der Waals surface area (Å²) in [4.78, 5) is 15.4. The molecule has 1 aliphatic carbocycles. The van der Waals surface area contributed by atoms with E-state index in [0.29, 0.717) is 0 Å². The van der Waals surface area contributed by atoms with E-state index in [-0.39, 0.29) is 11.8 Å². The number of anilines is 2. The molecular weight excluding hydrogens is 464 g/mol. The average molecular weight is 493 g/mol. The summed E-state index contributed by atoms with van der Waals surface area (Å²) in [6.07, 6.45) is 4.94. The van der Waals surface area contributed by atoms with Crippen LogP contribution in [0.2, 0.25) is 0 Å². The molecule has 7 heteroatoms. The quantitative estimate of drug-likeness (QED) is 0.412. The van der Waals surface area contributed by atoms with Crippen LogP contribution >= 0.6 is 0 Å². The molecule has 1 amide bonds. The first-order valence-electron chi connectivity index (χ1n) is 12.7. The number of carbonyl (C=O) groups is 1. The number of fused-ring (bicyclic) bond motifs is 3. The van der Waals surface area contributed by atoms with Gasteiger partial charge in [-0.1, -0.05) is 30.3 Å². The minimum absolute atomic E-state index is 0.0775. The second-order valence-corrected chi connectivity index (χ2v) is 10.0. The van der Waals surface area contributed by atoms with Crippen LogP contribution in [0.15, 0.2) is 60.7 Å². The van der Waals surface area contributed by atoms with Crippen LogP contribution in [-0.2, 0) is 14.9 Å². The lowest BCUT2D eigenvalue weighted by Gasteiger charge is -2.28. The summed E-state index contributed by atoms with van der Waals surface area (Å²) < 4.78 is 10.9. The van der Waals surface area contributed by atoms with E-state index in [1.807, 2.05) is 24.3 Å². The van der Waals surface area contributed by atoms with Gasteiger partial charge in [-0.3, -0.25) is 9.89 Å². The highest BCUT2D eigenvalue weighted by Crippen LogP contribution is 2.65. The van der Waals surface area contributed by atoms with E-state index in [2.05, 4.69) is 69.0 Å². The van der Waals surface area contributed by atoms with E-state index in [9.17, 15) is 4.79 Å². The van der Waals surface area contributed by atoms with Gasteiger partial charge in [0.05, 0.1) is 36.9 Å². The van der Waals surface area contributed by atoms with Crippen LogP contribution < -0.4 is 15.0 Å². The van der Waals surface area contributed by atoms with Gasteiger partial charge < -0.3 is 19.7 Å². The van der Waals surface area contributed by atoms with E-state index in [1.54, 1.807) is 7.11 Å². The van der Waals surface area contributed by atoms with E-state index in [0.717, 1.165) is 77.4 Å². The lowest BCUT2D eigenvalue weighted by Crippen LogP contribution is -2.36. The van der Waals surface area contributed by atoms with Crippen molar-refractivity contribution in [2.75, 3.05) is 43.6 Å². The maximum Gasteiger partial charge on any atom is 0.235 e. The normalized spacial score (nSPS) is 22.6. The summed E-state index contributed by atoms with van der Waals surface area (Å²) in [5.74, 6) is 0.989. The second-order valence-electron chi connectivity index (χ2n) is 10.0. The number of morpholine rings is 1. The summed E-state index contributed by atoms with van der Waals surface area (Å²) in [5.41, 5.74) is 6.81. The fourth-order valence-electron chi connectivity index (χ4n) is 5.89. The predicted molar refractivity (Wildman–Crippen MR) is 145 cm³/mol. The number of nitrogens with zero attached hydrogens (tertiary/aromatic N) is 2. The Labute approximate surface area is 215 Å². The lowest BCUT2D eigenvalue weighted by atomic mass is 9.91. The monoisotopic (exact) mass is 492 g/mol. The highest BCUT2D eigenvalue weighted by Gasteiger charge is 2.65. The van der Waals surface area contributed by atoms with Crippen molar-refractivity contribution in [3.8, 4) is 5.75 Å². The number of benzene rings is 3. The van der Waals surface area contributed by atoms with Gasteiger partial charge in [-0.05, 0) is 65.6 Å². The maximum atomic E-state index is 13.0. The molecule has 0 radical (unpaired) electrons. The van der Waals surface area contributed by atoms with Crippen LogP contribution in [0.1, 0.15) is 34.7 Å². The fourth-order valence-corrected chi connectivity index (χ4v) is 5.89. The zero-order valence-electron chi connectivity index (χ0n) is 20.7. The van der Waals surface area contributed by atoms with Crippen molar-refractivity contribution in [1.82, 2.24) is 10.2 Å². The van der Waals surface area contributed by atoms with Gasteiger partial charge in [-0.2, -0.15) is 5.10 Å². The number of nitrogens with one attached hydrogen (secondary N) is 2. The minimum atomic E-state index is -0.506. The molecule has 3 heterocycles. The molecule has 2 atom stereocenters. The summed E-state index contributed by atoms with van der Waals surface area (Å²) in [6.45, 7) is 3.44. The van der Waals surface area contributed by atoms with Crippen LogP contribution in [0, 0.1) is 0 Å². The van der Waals surface area contributed by atoms with E-state index < -0.39 is 5.41 Å². The molecular formula is C30H28N4O3. The standard InChI is InChI=1S/C30H28N4O3/c1-36-22-8-11-27-24(17-22)30(29(35)31-27)18-25(30)20-5-9-23-26(32-33-28(23)16-20)10-4-19-2-6-21(7-3-19)34-12-14-37-15-13-34/h2-11,16-17,25H,12-15,18H2,1H3,(H,31,35)(H,32,33)/b10-4+/t25?,30-/m0/s1. The number of carbonyl (C=O) groups excluding carboxylic acids is 1. The van der Waals surface area contributed by atoms with Crippen molar-refractivity contribution in [1.29, 1.82) is 0 Å². The summed E-state index contributed by atoms with van der Waals surface area (Å²) >= 11 is 0. The Balaban J connectivity index is 1.11. The van der Waals surface area contributed by atoms with Crippen molar-refractivity contribution in [3.05, 3.63) is 83.0 Å². The summed E-state index contributed by atoms with van der Waals surface area (Å²) in [5, 5.41) is 11.9. The van der Waals surface area contributed by atoms with Gasteiger partial charge in [0, 0.05) is 35.8 Å². The largest absolute Gasteiger partial charge is 0.497 e. The highest BCUT2D eigenvalue weighted by atomic mass is 16.5. The second kappa shape index (κ2) is 8.49. The first-order chi connectivity index (χ1) is 18.2. The van der Waals surface area contributed by atoms with Crippen molar-refractivity contribution in [2.24, 2.45) is 0 Å². The van der Waals surface area contributed by atoms with Crippen LogP contribution in [0.5, 0.6) is 5.75 Å². The van der Waals surface area contributed by atoms with Crippen molar-refractivity contribution < 1.29 is 14.3 Å². The molecule has 1 aromatic heterocycles. The molecule has 0 bridgehead atoms. The molecule has 1 unspecified atom stereocenters. The Kier molecular flexibility index (Phi) is 5.08. The van der Waals surface area contributed by atoms with Crippen molar-refractivity contribution >= 4 is 40.3 Å². The summed E-state index contributed by atoms with van der Waals surface area (Å²) in [6, 6.07) is 20.8. The molecule has 2 aliphatic heterocycles. The third-order valence-corrected chi connectivity index (χ3v) is 8.04. The smallest absolute Gasteiger partial charge is 0.235 e. The number of methoxy groups -OCH3 is 1. The molecule has 7 rings (SSSR count). The first-order valence-corrected chi connectivity index (χ1v) is 12.7. The molecule has 2 fully saturated rings. The Hall–Kier alpha value is -4.10. The number of aromatic amines is 1. The molecule has 7 nitrogen and oxygen atoms in total. The number of rotatable bonds is 5. The molecule has 186 valence electrons. The van der Waals surface area contributed by atoms with Crippen LogP contribution in [0.4, 0.5) is 11.4 Å². The molecule has 3 aliphatic rings. The SMILES string of the molecule is COc1ccc2c(c1)[C@]1(CC1c1ccc3c(/C=C/c4ccc(N5CCOCC5)cc4)n[nH]c3c1)C(=O)N2. The molecule has 2 N–H and O–H groups in total. The maximum absolute atomic E-state index is 13.0. The van der Waals surface area contributed by atoms with Gasteiger partial charge in [0.2, 0.25) is 5.91 Å².